The first-order chi connectivity index (χ1) is 13.8. The van der Waals surface area contributed by atoms with E-state index in [1.807, 2.05) is 12.4 Å². The van der Waals surface area contributed by atoms with Crippen LogP contribution >= 0.6 is 15.9 Å². The highest BCUT2D eigenvalue weighted by Gasteiger charge is 2.52. The minimum absolute atomic E-state index is 0.706. The number of aromatic nitrogens is 1. The van der Waals surface area contributed by atoms with Gasteiger partial charge in [0.1, 0.15) is 0 Å². The lowest BCUT2D eigenvalue weighted by atomic mass is 10.1. The van der Waals surface area contributed by atoms with Gasteiger partial charge in [-0.1, -0.05) is 0 Å². The van der Waals surface area contributed by atoms with E-state index in [1.54, 1.807) is 0 Å². The highest BCUT2D eigenvalue weighted by Crippen LogP contribution is 2.50. The number of hydrogen-bond donors (Lipinski definition) is 4. The van der Waals surface area contributed by atoms with Gasteiger partial charge < -0.3 is 30.2 Å². The second kappa shape index (κ2) is 9.38. The molecule has 29 heavy (non-hydrogen) atoms. The van der Waals surface area contributed by atoms with Crippen molar-refractivity contribution in [2.24, 2.45) is 5.92 Å². The van der Waals surface area contributed by atoms with Crippen LogP contribution in [-0.2, 0) is 9.59 Å². The fourth-order valence-corrected chi connectivity index (χ4v) is 4.55. The van der Waals surface area contributed by atoms with Crippen LogP contribution in [0.25, 0.3) is 0 Å². The first-order valence-corrected chi connectivity index (χ1v) is 10.5. The molecule has 0 aromatic carbocycles. The lowest BCUT2D eigenvalue weighted by Gasteiger charge is -2.32. The van der Waals surface area contributed by atoms with E-state index in [-0.39, 0.29) is 0 Å². The van der Waals surface area contributed by atoms with E-state index in [4.69, 9.17) is 20.4 Å². The van der Waals surface area contributed by atoms with Crippen LogP contribution < -0.4 is 4.90 Å². The summed E-state index contributed by atoms with van der Waals surface area (Å²) in [5.74, 6) is -2.59. The van der Waals surface area contributed by atoms with Crippen molar-refractivity contribution in [1.29, 1.82) is 0 Å². The van der Waals surface area contributed by atoms with Crippen LogP contribution in [0.5, 0.6) is 0 Å². The Balaban J connectivity index is 0.000000207. The molecular weight excluding hydrogens is 446 g/mol. The number of carboxylic acid groups (broad SMARTS) is 2. The number of hydrogen-bond acceptors (Lipinski definition) is 7. The van der Waals surface area contributed by atoms with E-state index in [0.29, 0.717) is 6.04 Å². The molecule has 4 N–H and O–H groups in total. The van der Waals surface area contributed by atoms with E-state index in [1.165, 1.54) is 51.0 Å². The average Bonchev–Trinajstić information content (AvgIpc) is 3.08. The second-order valence-electron chi connectivity index (χ2n) is 7.80. The summed E-state index contributed by atoms with van der Waals surface area (Å²) in [5, 5.41) is 32.5. The molecule has 3 aliphatic rings. The Kier molecular flexibility index (Phi) is 7.10. The van der Waals surface area contributed by atoms with E-state index >= 15 is 0 Å². The predicted molar refractivity (Wildman–Crippen MR) is 108 cm³/mol. The molecule has 0 spiro atoms. The number of aliphatic hydroxyl groups excluding tert-OH is 2. The molecule has 10 heteroatoms. The van der Waals surface area contributed by atoms with Gasteiger partial charge in [-0.15, -0.1) is 0 Å². The van der Waals surface area contributed by atoms with Gasteiger partial charge in [-0.3, -0.25) is 4.98 Å². The number of carboxylic acids is 2. The molecule has 0 radical (unpaired) electrons. The van der Waals surface area contributed by atoms with Gasteiger partial charge in [-0.25, -0.2) is 9.59 Å². The van der Waals surface area contributed by atoms with Gasteiger partial charge in [0.05, 0.1) is 11.9 Å². The number of aliphatic carboxylic acids is 2. The minimum atomic E-state index is -2.27. The Morgan fingerprint density at radius 3 is 2.28 bits per heavy atom. The number of rotatable bonds is 6. The van der Waals surface area contributed by atoms with Gasteiger partial charge in [0.25, 0.3) is 0 Å². The number of aliphatic hydroxyl groups is 2. The van der Waals surface area contributed by atoms with Crippen LogP contribution in [0.2, 0.25) is 0 Å². The lowest BCUT2D eigenvalue weighted by molar-refractivity contribution is -0.165. The van der Waals surface area contributed by atoms with Gasteiger partial charge in [0, 0.05) is 29.3 Å². The summed E-state index contributed by atoms with van der Waals surface area (Å²) >= 11 is 3.55. The molecule has 5 atom stereocenters. The molecule has 1 aliphatic carbocycles. The van der Waals surface area contributed by atoms with Gasteiger partial charge in [-0.2, -0.15) is 0 Å². The zero-order valence-corrected chi connectivity index (χ0v) is 17.5. The van der Waals surface area contributed by atoms with Crippen molar-refractivity contribution in [3.63, 3.8) is 0 Å². The third-order valence-corrected chi connectivity index (χ3v) is 6.11. The summed E-state index contributed by atoms with van der Waals surface area (Å²) in [6, 6.07) is 3.73. The van der Waals surface area contributed by atoms with Crippen molar-refractivity contribution >= 4 is 33.6 Å². The standard InChI is InChI=1S/C15H20BrN3.C4H6O6/c16-12-7-13(9-17-8-12)19-14(5-11-6-15(11)19)10-18-3-1-2-4-18;5-1(3(7)8)2(6)4(9)10/h7-9,11,14-15H,1-6,10H2;1-2,5-6H,(H,7,8)(H,9,10). The largest absolute Gasteiger partial charge is 0.479 e. The predicted octanol–water partition coefficient (Wildman–Crippen LogP) is 0.784. The van der Waals surface area contributed by atoms with Crippen molar-refractivity contribution < 1.29 is 30.0 Å². The molecule has 3 heterocycles. The SMILES string of the molecule is Brc1cncc(N2C(CN3CCCC3)CC3CC32)c1.O=C(O)C(O)C(O)C(=O)O. The normalized spacial score (nSPS) is 27.6. The molecular formula is C19H26BrN3O6. The van der Waals surface area contributed by atoms with Gasteiger partial charge in [0.15, 0.2) is 12.2 Å². The van der Waals surface area contributed by atoms with Crippen LogP contribution in [0.4, 0.5) is 5.69 Å². The van der Waals surface area contributed by atoms with Crippen LogP contribution in [-0.4, -0.2) is 86.2 Å². The Morgan fingerprint density at radius 2 is 1.72 bits per heavy atom. The maximum absolute atomic E-state index is 9.77. The number of anilines is 1. The van der Waals surface area contributed by atoms with Crippen LogP contribution in [0, 0.1) is 5.92 Å². The Bertz CT molecular complexity index is 726. The fraction of sp³-hybridized carbons (Fsp3) is 0.632. The molecule has 5 unspecified atom stereocenters. The average molecular weight is 472 g/mol. The van der Waals surface area contributed by atoms with Gasteiger partial charge in [0.2, 0.25) is 0 Å². The molecule has 1 aromatic heterocycles. The Labute approximate surface area is 177 Å². The van der Waals surface area contributed by atoms with Crippen molar-refractivity contribution in [2.45, 2.75) is 50.0 Å². The molecule has 1 saturated carbocycles. The molecule has 3 fully saturated rings. The number of pyridine rings is 1. The summed E-state index contributed by atoms with van der Waals surface area (Å²) in [6.45, 7) is 3.85. The number of piperidine rings is 1. The quantitative estimate of drug-likeness (QED) is 0.474. The summed E-state index contributed by atoms with van der Waals surface area (Å²) in [6.07, 6.45) is 4.92. The smallest absolute Gasteiger partial charge is 0.335 e. The van der Waals surface area contributed by atoms with Crippen molar-refractivity contribution in [1.82, 2.24) is 9.88 Å². The van der Waals surface area contributed by atoms with E-state index in [0.717, 1.165) is 16.4 Å². The molecule has 160 valence electrons. The number of likely N-dealkylation sites (tertiary alicyclic amines) is 1. The highest BCUT2D eigenvalue weighted by molar-refractivity contribution is 9.10. The van der Waals surface area contributed by atoms with Crippen LogP contribution in [0.1, 0.15) is 25.7 Å². The third kappa shape index (κ3) is 5.44. The Hall–Kier alpha value is -1.75. The van der Waals surface area contributed by atoms with Crippen molar-refractivity contribution in [3.8, 4) is 0 Å². The molecule has 2 aliphatic heterocycles. The zero-order valence-electron chi connectivity index (χ0n) is 15.9. The minimum Gasteiger partial charge on any atom is -0.479 e. The summed E-state index contributed by atoms with van der Waals surface area (Å²) in [7, 11) is 0. The summed E-state index contributed by atoms with van der Waals surface area (Å²) in [5.41, 5.74) is 1.31. The molecule has 0 amide bonds. The first kappa shape index (κ1) is 21.9. The summed E-state index contributed by atoms with van der Waals surface area (Å²) < 4.78 is 1.09. The van der Waals surface area contributed by atoms with Crippen molar-refractivity contribution in [3.05, 3.63) is 22.9 Å². The fourth-order valence-electron chi connectivity index (χ4n) is 4.20. The van der Waals surface area contributed by atoms with E-state index < -0.39 is 24.1 Å². The maximum Gasteiger partial charge on any atom is 0.335 e. The lowest BCUT2D eigenvalue weighted by Crippen LogP contribution is -2.41. The molecule has 2 saturated heterocycles. The summed E-state index contributed by atoms with van der Waals surface area (Å²) in [4.78, 5) is 29.2. The molecule has 4 rings (SSSR count). The Morgan fingerprint density at radius 1 is 1.10 bits per heavy atom. The first-order valence-electron chi connectivity index (χ1n) is 9.71. The monoisotopic (exact) mass is 471 g/mol. The van der Waals surface area contributed by atoms with Crippen LogP contribution in [0.15, 0.2) is 22.9 Å². The molecule has 1 aromatic rings. The zero-order chi connectivity index (χ0) is 21.1. The van der Waals surface area contributed by atoms with Crippen LogP contribution in [0.3, 0.4) is 0 Å². The molecule has 0 bridgehead atoms. The van der Waals surface area contributed by atoms with Gasteiger partial charge in [-0.05, 0) is 66.7 Å². The number of carbonyl (C=O) groups is 2. The van der Waals surface area contributed by atoms with E-state index in [2.05, 4.69) is 36.8 Å². The molecule has 9 nitrogen and oxygen atoms in total. The maximum atomic E-state index is 9.77. The second-order valence-corrected chi connectivity index (χ2v) is 8.71. The van der Waals surface area contributed by atoms with Gasteiger partial charge >= 0.3 is 11.9 Å². The number of fused-ring (bicyclic) bond motifs is 1. The van der Waals surface area contributed by atoms with Crippen molar-refractivity contribution in [2.75, 3.05) is 24.5 Å². The number of halogens is 1. The topological polar surface area (TPSA) is 134 Å². The number of nitrogens with zero attached hydrogens (tertiary/aromatic N) is 3. The third-order valence-electron chi connectivity index (χ3n) is 5.67. The highest BCUT2D eigenvalue weighted by atomic mass is 79.9. The van der Waals surface area contributed by atoms with E-state index in [9.17, 15) is 9.59 Å².